The van der Waals surface area contributed by atoms with E-state index in [9.17, 15) is 9.59 Å². The van der Waals surface area contributed by atoms with Crippen molar-refractivity contribution in [2.24, 2.45) is 0 Å². The van der Waals surface area contributed by atoms with E-state index in [0.29, 0.717) is 11.3 Å². The molecule has 6 heteroatoms. The largest absolute Gasteiger partial charge is 0.469 e. The SMILES string of the molecule is COC(=O)C(I)CNC(=O)c1coc(C)c1. The molecule has 0 bridgehead atoms. The van der Waals surface area contributed by atoms with Crippen LogP contribution in [0.15, 0.2) is 16.7 Å². The molecule has 0 saturated heterocycles. The summed E-state index contributed by atoms with van der Waals surface area (Å²) in [7, 11) is 1.31. The van der Waals surface area contributed by atoms with Crippen LogP contribution < -0.4 is 5.32 Å². The Labute approximate surface area is 107 Å². The van der Waals surface area contributed by atoms with E-state index in [1.807, 2.05) is 22.6 Å². The van der Waals surface area contributed by atoms with Gasteiger partial charge in [-0.25, -0.2) is 0 Å². The summed E-state index contributed by atoms with van der Waals surface area (Å²) in [6, 6.07) is 1.63. The Bertz CT molecular complexity index is 388. The lowest BCUT2D eigenvalue weighted by molar-refractivity contribution is -0.139. The molecular weight excluding hydrogens is 325 g/mol. The Morgan fingerprint density at radius 3 is 2.81 bits per heavy atom. The maximum absolute atomic E-state index is 11.5. The number of hydrogen-bond acceptors (Lipinski definition) is 4. The zero-order valence-corrected chi connectivity index (χ0v) is 11.1. The Morgan fingerprint density at radius 1 is 1.62 bits per heavy atom. The lowest BCUT2D eigenvalue weighted by Crippen LogP contribution is -2.33. The zero-order chi connectivity index (χ0) is 12.1. The fraction of sp³-hybridized carbons (Fsp3) is 0.400. The Hall–Kier alpha value is -1.05. The van der Waals surface area contributed by atoms with Crippen LogP contribution in [0.4, 0.5) is 0 Å². The van der Waals surface area contributed by atoms with E-state index in [4.69, 9.17) is 4.42 Å². The number of esters is 1. The number of ether oxygens (including phenoxy) is 1. The number of aryl methyl sites for hydroxylation is 1. The van der Waals surface area contributed by atoms with Gasteiger partial charge >= 0.3 is 5.97 Å². The van der Waals surface area contributed by atoms with Crippen molar-refractivity contribution in [3.8, 4) is 0 Å². The average molecular weight is 337 g/mol. The van der Waals surface area contributed by atoms with E-state index in [1.165, 1.54) is 13.4 Å². The molecule has 16 heavy (non-hydrogen) atoms. The first-order valence-electron chi connectivity index (χ1n) is 4.60. The number of nitrogens with one attached hydrogen (secondary N) is 1. The number of halogens is 1. The fourth-order valence-corrected chi connectivity index (χ4v) is 1.53. The van der Waals surface area contributed by atoms with Gasteiger partial charge in [0.2, 0.25) is 0 Å². The van der Waals surface area contributed by atoms with E-state index in [-0.39, 0.29) is 22.3 Å². The number of carbonyl (C=O) groups excluding carboxylic acids is 2. The predicted octanol–water partition coefficient (Wildman–Crippen LogP) is 1.29. The van der Waals surface area contributed by atoms with Crippen LogP contribution in [-0.4, -0.2) is 29.5 Å². The maximum Gasteiger partial charge on any atom is 0.320 e. The highest BCUT2D eigenvalue weighted by atomic mass is 127. The van der Waals surface area contributed by atoms with Gasteiger partial charge in [0, 0.05) is 6.54 Å². The molecule has 1 amide bonds. The molecule has 0 saturated carbocycles. The molecule has 1 heterocycles. The smallest absolute Gasteiger partial charge is 0.320 e. The summed E-state index contributed by atoms with van der Waals surface area (Å²) in [4.78, 5) is 22.6. The standard InChI is InChI=1S/C10H12INO4/c1-6-3-7(5-16-6)9(13)12-4-8(11)10(14)15-2/h3,5,8H,4H2,1-2H3,(H,12,13). The molecular formula is C10H12INO4. The van der Waals surface area contributed by atoms with Crippen molar-refractivity contribution in [2.45, 2.75) is 10.8 Å². The third-order valence-corrected chi connectivity index (χ3v) is 2.84. The van der Waals surface area contributed by atoms with Gasteiger partial charge in [0.25, 0.3) is 5.91 Å². The van der Waals surface area contributed by atoms with Crippen LogP contribution >= 0.6 is 22.6 Å². The third-order valence-electron chi connectivity index (χ3n) is 1.89. The molecule has 5 nitrogen and oxygen atoms in total. The number of hydrogen-bond donors (Lipinski definition) is 1. The van der Waals surface area contributed by atoms with Gasteiger partial charge in [-0.05, 0) is 13.0 Å². The summed E-state index contributed by atoms with van der Waals surface area (Å²) >= 11 is 1.91. The molecule has 1 aromatic rings. The third kappa shape index (κ3) is 3.51. The molecule has 1 aromatic heterocycles. The predicted molar refractivity (Wildman–Crippen MR) is 65.6 cm³/mol. The van der Waals surface area contributed by atoms with Crippen LogP contribution in [0.5, 0.6) is 0 Å². The first kappa shape index (κ1) is 13.0. The summed E-state index contributed by atoms with van der Waals surface area (Å²) in [6.07, 6.45) is 1.38. The van der Waals surface area contributed by atoms with Gasteiger partial charge in [0.05, 0.1) is 12.7 Å². The van der Waals surface area contributed by atoms with Crippen LogP contribution in [-0.2, 0) is 9.53 Å². The van der Waals surface area contributed by atoms with E-state index >= 15 is 0 Å². The lowest BCUT2D eigenvalue weighted by atomic mass is 10.3. The number of rotatable bonds is 4. The Morgan fingerprint density at radius 2 is 2.31 bits per heavy atom. The van der Waals surface area contributed by atoms with Crippen LogP contribution in [0, 0.1) is 6.92 Å². The monoisotopic (exact) mass is 337 g/mol. The molecule has 0 aliphatic carbocycles. The molecule has 1 rings (SSSR count). The molecule has 0 fully saturated rings. The second kappa shape index (κ2) is 5.88. The molecule has 0 radical (unpaired) electrons. The molecule has 88 valence electrons. The highest BCUT2D eigenvalue weighted by Gasteiger charge is 2.17. The van der Waals surface area contributed by atoms with Crippen molar-refractivity contribution >= 4 is 34.5 Å². The quantitative estimate of drug-likeness (QED) is 0.511. The summed E-state index contributed by atoms with van der Waals surface area (Å²) in [6.45, 7) is 1.99. The van der Waals surface area contributed by atoms with Crippen molar-refractivity contribution in [1.29, 1.82) is 0 Å². The van der Waals surface area contributed by atoms with Gasteiger partial charge in [0.1, 0.15) is 15.9 Å². The molecule has 0 aromatic carbocycles. The minimum atomic E-state index is -0.389. The second-order valence-corrected chi connectivity index (χ2v) is 4.65. The average Bonchev–Trinajstić information content (AvgIpc) is 2.71. The first-order chi connectivity index (χ1) is 7.54. The summed E-state index contributed by atoms with van der Waals surface area (Å²) in [5.41, 5.74) is 0.450. The van der Waals surface area contributed by atoms with Crippen molar-refractivity contribution in [2.75, 3.05) is 13.7 Å². The van der Waals surface area contributed by atoms with E-state index < -0.39 is 0 Å². The van der Waals surface area contributed by atoms with E-state index in [2.05, 4.69) is 10.1 Å². The first-order valence-corrected chi connectivity index (χ1v) is 5.84. The molecule has 1 unspecified atom stereocenters. The highest BCUT2D eigenvalue weighted by Crippen LogP contribution is 2.06. The van der Waals surface area contributed by atoms with Crippen molar-refractivity contribution in [3.05, 3.63) is 23.7 Å². The topological polar surface area (TPSA) is 68.5 Å². The van der Waals surface area contributed by atoms with Crippen LogP contribution in [0.3, 0.4) is 0 Å². The van der Waals surface area contributed by atoms with Crippen molar-refractivity contribution in [3.63, 3.8) is 0 Å². The van der Waals surface area contributed by atoms with Gasteiger partial charge in [-0.3, -0.25) is 9.59 Å². The van der Waals surface area contributed by atoms with Gasteiger partial charge in [-0.15, -0.1) is 0 Å². The zero-order valence-electron chi connectivity index (χ0n) is 8.95. The Balaban J connectivity index is 2.44. The molecule has 0 aliphatic heterocycles. The van der Waals surface area contributed by atoms with Crippen LogP contribution in [0.1, 0.15) is 16.1 Å². The molecule has 0 spiro atoms. The summed E-state index contributed by atoms with van der Waals surface area (Å²) in [5.74, 6) is 0.0517. The van der Waals surface area contributed by atoms with Crippen molar-refractivity contribution in [1.82, 2.24) is 5.32 Å². The highest BCUT2D eigenvalue weighted by molar-refractivity contribution is 14.1. The molecule has 0 aliphatic rings. The van der Waals surface area contributed by atoms with Gasteiger partial charge < -0.3 is 14.5 Å². The Kier molecular flexibility index (Phi) is 4.78. The number of amides is 1. The number of furan rings is 1. The molecule has 1 N–H and O–H groups in total. The van der Waals surface area contributed by atoms with Gasteiger partial charge in [-0.1, -0.05) is 22.6 Å². The summed E-state index contributed by atoms with van der Waals surface area (Å²) < 4.78 is 9.16. The lowest BCUT2D eigenvalue weighted by Gasteiger charge is -2.08. The van der Waals surface area contributed by atoms with Crippen LogP contribution in [0.25, 0.3) is 0 Å². The maximum atomic E-state index is 11.5. The fourth-order valence-electron chi connectivity index (χ4n) is 1.06. The summed E-state index contributed by atoms with van der Waals surface area (Å²) in [5, 5.41) is 2.62. The number of alkyl halides is 1. The normalized spacial score (nSPS) is 11.9. The van der Waals surface area contributed by atoms with Gasteiger partial charge in [-0.2, -0.15) is 0 Å². The van der Waals surface area contributed by atoms with Crippen molar-refractivity contribution < 1.29 is 18.7 Å². The number of methoxy groups -OCH3 is 1. The minimum absolute atomic E-state index is 0.232. The van der Waals surface area contributed by atoms with E-state index in [0.717, 1.165) is 0 Å². The van der Waals surface area contributed by atoms with E-state index in [1.54, 1.807) is 13.0 Å². The number of carbonyl (C=O) groups is 2. The second-order valence-electron chi connectivity index (χ2n) is 3.15. The molecule has 1 atom stereocenters. The minimum Gasteiger partial charge on any atom is -0.469 e. The van der Waals surface area contributed by atoms with Gasteiger partial charge in [0.15, 0.2) is 0 Å². The van der Waals surface area contributed by atoms with Crippen LogP contribution in [0.2, 0.25) is 0 Å².